The first-order chi connectivity index (χ1) is 11.6. The summed E-state index contributed by atoms with van der Waals surface area (Å²) in [7, 11) is 0. The van der Waals surface area contributed by atoms with Gasteiger partial charge in [-0.05, 0) is 39.2 Å². The lowest BCUT2D eigenvalue weighted by Gasteiger charge is -2.26. The minimum atomic E-state index is -0.0525. The summed E-state index contributed by atoms with van der Waals surface area (Å²) in [6.07, 6.45) is 8.96. The second kappa shape index (κ2) is 7.30. The molecule has 0 radical (unpaired) electrons. The van der Waals surface area contributed by atoms with Crippen molar-refractivity contribution in [3.05, 3.63) is 24.2 Å². The van der Waals surface area contributed by atoms with Gasteiger partial charge in [0, 0.05) is 31.4 Å². The van der Waals surface area contributed by atoms with Gasteiger partial charge in [-0.25, -0.2) is 9.97 Å². The number of hydrogen-bond donors (Lipinski definition) is 1. The number of carbonyl (C=O) groups excluding carboxylic acids is 1. The highest BCUT2D eigenvalue weighted by molar-refractivity contribution is 5.96. The van der Waals surface area contributed by atoms with Crippen LogP contribution in [-0.4, -0.2) is 49.6 Å². The molecule has 0 spiro atoms. The van der Waals surface area contributed by atoms with Gasteiger partial charge in [0.05, 0.1) is 11.9 Å². The van der Waals surface area contributed by atoms with Gasteiger partial charge >= 0.3 is 0 Å². The molecule has 1 amide bonds. The average molecular weight is 330 g/mol. The van der Waals surface area contributed by atoms with Crippen LogP contribution in [0.5, 0.6) is 0 Å². The monoisotopic (exact) mass is 330 g/mol. The average Bonchev–Trinajstić information content (AvgIpc) is 3.23. The first-order valence-corrected chi connectivity index (χ1v) is 8.86. The lowest BCUT2D eigenvalue weighted by atomic mass is 10.2. The molecule has 24 heavy (non-hydrogen) atoms. The molecule has 0 saturated heterocycles. The molecular weight excluding hydrogens is 304 g/mol. The normalized spacial score (nSPS) is 15.5. The molecule has 3 rings (SSSR count). The highest BCUT2D eigenvalue weighted by Crippen LogP contribution is 2.31. The quantitative estimate of drug-likeness (QED) is 0.884. The molecule has 0 atom stereocenters. The maximum absolute atomic E-state index is 12.8. The number of rotatable bonds is 6. The molecule has 1 saturated carbocycles. The van der Waals surface area contributed by atoms with Gasteiger partial charge in [0.2, 0.25) is 0 Å². The number of fused-ring (bicyclic) bond motifs is 1. The van der Waals surface area contributed by atoms with E-state index in [1.165, 1.54) is 25.7 Å². The molecule has 6 heteroatoms. The number of hydrogen-bond acceptors (Lipinski definition) is 4. The van der Waals surface area contributed by atoms with Crippen molar-refractivity contribution in [2.24, 2.45) is 0 Å². The molecule has 6 nitrogen and oxygen atoms in total. The van der Waals surface area contributed by atoms with Crippen molar-refractivity contribution in [1.29, 1.82) is 0 Å². The third-order valence-corrected chi connectivity index (χ3v) is 4.82. The Morgan fingerprint density at radius 3 is 2.79 bits per heavy atom. The van der Waals surface area contributed by atoms with E-state index in [2.05, 4.69) is 14.5 Å². The lowest BCUT2D eigenvalue weighted by Crippen LogP contribution is -2.38. The number of aliphatic hydroxyl groups is 1. The topological polar surface area (TPSA) is 71.2 Å². The van der Waals surface area contributed by atoms with Crippen molar-refractivity contribution in [2.75, 3.05) is 13.2 Å². The van der Waals surface area contributed by atoms with E-state index in [0.717, 1.165) is 11.2 Å². The standard InChI is InChI=1S/C18H26N4O2/c1-13(2)21(8-5-9-23)18(24)14-10-16-17(19-11-14)22(12-20-16)15-6-3-4-7-15/h10-13,15,23H,3-9H2,1-2H3. The Morgan fingerprint density at radius 2 is 2.12 bits per heavy atom. The number of imidazole rings is 1. The molecule has 1 N–H and O–H groups in total. The number of aromatic nitrogens is 3. The summed E-state index contributed by atoms with van der Waals surface area (Å²) in [5.41, 5.74) is 2.20. The molecule has 0 bridgehead atoms. The van der Waals surface area contributed by atoms with E-state index >= 15 is 0 Å². The van der Waals surface area contributed by atoms with Gasteiger partial charge in [-0.15, -0.1) is 0 Å². The van der Waals surface area contributed by atoms with Crippen LogP contribution < -0.4 is 0 Å². The highest BCUT2D eigenvalue weighted by atomic mass is 16.3. The van der Waals surface area contributed by atoms with Gasteiger partial charge in [-0.3, -0.25) is 4.79 Å². The zero-order valence-electron chi connectivity index (χ0n) is 14.5. The van der Waals surface area contributed by atoms with Gasteiger partial charge in [0.1, 0.15) is 5.52 Å². The number of carbonyl (C=O) groups is 1. The van der Waals surface area contributed by atoms with E-state index in [1.807, 2.05) is 26.2 Å². The van der Waals surface area contributed by atoms with E-state index < -0.39 is 0 Å². The summed E-state index contributed by atoms with van der Waals surface area (Å²) in [6, 6.07) is 2.40. The predicted molar refractivity (Wildman–Crippen MR) is 92.9 cm³/mol. The Balaban J connectivity index is 1.86. The number of nitrogens with zero attached hydrogens (tertiary/aromatic N) is 4. The van der Waals surface area contributed by atoms with Crippen molar-refractivity contribution in [2.45, 2.75) is 58.0 Å². The fourth-order valence-electron chi connectivity index (χ4n) is 3.49. The summed E-state index contributed by atoms with van der Waals surface area (Å²) < 4.78 is 2.16. The van der Waals surface area contributed by atoms with Gasteiger partial charge in [-0.1, -0.05) is 12.8 Å². The lowest BCUT2D eigenvalue weighted by molar-refractivity contribution is 0.0693. The summed E-state index contributed by atoms with van der Waals surface area (Å²) in [6.45, 7) is 4.59. The number of amides is 1. The molecule has 130 valence electrons. The maximum Gasteiger partial charge on any atom is 0.255 e. The Hall–Kier alpha value is -1.95. The third kappa shape index (κ3) is 3.29. The van der Waals surface area contributed by atoms with E-state index in [0.29, 0.717) is 24.6 Å². The van der Waals surface area contributed by atoms with Crippen molar-refractivity contribution >= 4 is 17.1 Å². The molecule has 1 aliphatic carbocycles. The van der Waals surface area contributed by atoms with Gasteiger partial charge < -0.3 is 14.6 Å². The minimum absolute atomic E-state index is 0.0525. The fourth-order valence-corrected chi connectivity index (χ4v) is 3.49. The van der Waals surface area contributed by atoms with Crippen molar-refractivity contribution < 1.29 is 9.90 Å². The smallest absolute Gasteiger partial charge is 0.255 e. The van der Waals surface area contributed by atoms with Crippen LogP contribution >= 0.6 is 0 Å². The maximum atomic E-state index is 12.8. The van der Waals surface area contributed by atoms with Gasteiger partial charge in [0.25, 0.3) is 5.91 Å². The Bertz CT molecular complexity index is 704. The van der Waals surface area contributed by atoms with Crippen LogP contribution in [0.4, 0.5) is 0 Å². The molecule has 1 fully saturated rings. The number of pyridine rings is 1. The molecule has 0 aromatic carbocycles. The predicted octanol–water partition coefficient (Wildman–Crippen LogP) is 2.78. The van der Waals surface area contributed by atoms with Crippen LogP contribution in [0.1, 0.15) is 62.4 Å². The van der Waals surface area contributed by atoms with Crippen LogP contribution in [0.15, 0.2) is 18.6 Å². The van der Waals surface area contributed by atoms with E-state index in [-0.39, 0.29) is 18.6 Å². The Labute approximate surface area is 142 Å². The Kier molecular flexibility index (Phi) is 5.14. The van der Waals surface area contributed by atoms with E-state index in [4.69, 9.17) is 5.11 Å². The van der Waals surface area contributed by atoms with E-state index in [9.17, 15) is 4.79 Å². The molecule has 2 aromatic heterocycles. The second-order valence-electron chi connectivity index (χ2n) is 6.83. The summed E-state index contributed by atoms with van der Waals surface area (Å²) >= 11 is 0. The van der Waals surface area contributed by atoms with Crippen molar-refractivity contribution in [1.82, 2.24) is 19.4 Å². The Morgan fingerprint density at radius 1 is 1.38 bits per heavy atom. The molecule has 2 heterocycles. The van der Waals surface area contributed by atoms with Gasteiger partial charge in [0.15, 0.2) is 5.65 Å². The minimum Gasteiger partial charge on any atom is -0.396 e. The zero-order chi connectivity index (χ0) is 17.1. The highest BCUT2D eigenvalue weighted by Gasteiger charge is 2.22. The zero-order valence-corrected chi connectivity index (χ0v) is 14.5. The second-order valence-corrected chi connectivity index (χ2v) is 6.83. The van der Waals surface area contributed by atoms with Crippen LogP contribution in [0.2, 0.25) is 0 Å². The third-order valence-electron chi connectivity index (χ3n) is 4.82. The first-order valence-electron chi connectivity index (χ1n) is 8.86. The van der Waals surface area contributed by atoms with E-state index in [1.54, 1.807) is 11.1 Å². The largest absolute Gasteiger partial charge is 0.396 e. The fraction of sp³-hybridized carbons (Fsp3) is 0.611. The molecular formula is C18H26N4O2. The molecule has 2 aromatic rings. The van der Waals surface area contributed by atoms with Gasteiger partial charge in [-0.2, -0.15) is 0 Å². The summed E-state index contributed by atoms with van der Waals surface area (Å²) in [4.78, 5) is 23.5. The van der Waals surface area contributed by atoms with Crippen LogP contribution in [0.3, 0.4) is 0 Å². The van der Waals surface area contributed by atoms with Crippen molar-refractivity contribution in [3.8, 4) is 0 Å². The number of aliphatic hydroxyl groups excluding tert-OH is 1. The molecule has 1 aliphatic rings. The van der Waals surface area contributed by atoms with Crippen molar-refractivity contribution in [3.63, 3.8) is 0 Å². The summed E-state index contributed by atoms with van der Waals surface area (Å²) in [5.74, 6) is -0.0525. The first kappa shape index (κ1) is 16.9. The van der Waals surface area contributed by atoms with Crippen LogP contribution in [-0.2, 0) is 0 Å². The van der Waals surface area contributed by atoms with Crippen LogP contribution in [0.25, 0.3) is 11.2 Å². The molecule has 0 unspecified atom stereocenters. The SMILES string of the molecule is CC(C)N(CCCO)C(=O)c1cnc2c(c1)ncn2C1CCCC1. The molecule has 0 aliphatic heterocycles. The van der Waals surface area contributed by atoms with Crippen LogP contribution in [0, 0.1) is 0 Å². The summed E-state index contributed by atoms with van der Waals surface area (Å²) in [5, 5.41) is 9.03.